The van der Waals surface area contributed by atoms with Gasteiger partial charge in [0, 0.05) is 0 Å². The number of quaternary nitrogens is 1. The predicted molar refractivity (Wildman–Crippen MR) is 70.3 cm³/mol. The van der Waals surface area contributed by atoms with Crippen LogP contribution in [0.1, 0.15) is 12.8 Å². The van der Waals surface area contributed by atoms with Crippen molar-refractivity contribution in [1.82, 2.24) is 4.72 Å². The highest BCUT2D eigenvalue weighted by atomic mass is 32.2. The van der Waals surface area contributed by atoms with Crippen molar-refractivity contribution in [3.05, 3.63) is 0 Å². The molecule has 0 bridgehead atoms. The molecule has 18 heavy (non-hydrogen) atoms. The Morgan fingerprint density at radius 2 is 1.61 bits per heavy atom. The number of likely N-dealkylation sites (N-methyl/N-ethyl adjacent to an activating group) is 1. The molecular formula is C9H23N2O5S2+. The quantitative estimate of drug-likeness (QED) is 0.333. The van der Waals surface area contributed by atoms with Gasteiger partial charge in [-0.25, -0.2) is 13.1 Å². The first kappa shape index (κ1) is 17.8. The van der Waals surface area contributed by atoms with Gasteiger partial charge in [-0.1, -0.05) is 0 Å². The van der Waals surface area contributed by atoms with Crippen molar-refractivity contribution >= 4 is 20.1 Å². The predicted octanol–water partition coefficient (Wildman–Crippen LogP) is -0.720. The van der Waals surface area contributed by atoms with Crippen LogP contribution < -0.4 is 4.72 Å². The standard InChI is InChI=1S/C9H22N2O5S2/c1-11(2,8-6-10-17(3,12)13)7-4-5-9-18(14,15)16/h10H,4-9H2,1-3H3/p+1. The van der Waals surface area contributed by atoms with E-state index in [2.05, 4.69) is 4.72 Å². The Hall–Kier alpha value is -0.220. The fourth-order valence-corrected chi connectivity index (χ4v) is 2.50. The first-order chi connectivity index (χ1) is 7.91. The third kappa shape index (κ3) is 12.2. The minimum atomic E-state index is -3.88. The van der Waals surface area contributed by atoms with E-state index in [0.717, 1.165) is 12.8 Å². The van der Waals surface area contributed by atoms with Crippen molar-refractivity contribution in [3.63, 3.8) is 0 Å². The lowest BCUT2D eigenvalue weighted by atomic mass is 10.3. The molecule has 0 atom stereocenters. The lowest BCUT2D eigenvalue weighted by Gasteiger charge is -2.29. The monoisotopic (exact) mass is 303 g/mol. The van der Waals surface area contributed by atoms with Crippen molar-refractivity contribution in [2.75, 3.05) is 45.7 Å². The summed E-state index contributed by atoms with van der Waals surface area (Å²) in [5.41, 5.74) is 0. The summed E-state index contributed by atoms with van der Waals surface area (Å²) >= 11 is 0. The van der Waals surface area contributed by atoms with Gasteiger partial charge in [0.05, 0.1) is 45.7 Å². The molecule has 0 aliphatic heterocycles. The van der Waals surface area contributed by atoms with E-state index in [1.807, 2.05) is 14.1 Å². The van der Waals surface area contributed by atoms with Gasteiger partial charge in [0.2, 0.25) is 10.0 Å². The molecule has 0 radical (unpaired) electrons. The lowest BCUT2D eigenvalue weighted by molar-refractivity contribution is -0.889. The zero-order valence-electron chi connectivity index (χ0n) is 11.1. The summed E-state index contributed by atoms with van der Waals surface area (Å²) in [5.74, 6) is -0.228. The van der Waals surface area contributed by atoms with Gasteiger partial charge < -0.3 is 4.48 Å². The molecule has 0 saturated heterocycles. The van der Waals surface area contributed by atoms with Gasteiger partial charge >= 0.3 is 0 Å². The number of hydrogen-bond acceptors (Lipinski definition) is 4. The summed E-state index contributed by atoms with van der Waals surface area (Å²) in [4.78, 5) is 0. The van der Waals surface area contributed by atoms with Gasteiger partial charge in [-0.15, -0.1) is 0 Å². The molecule has 0 aromatic heterocycles. The molecular weight excluding hydrogens is 280 g/mol. The van der Waals surface area contributed by atoms with Crippen LogP contribution in [0.3, 0.4) is 0 Å². The van der Waals surface area contributed by atoms with Crippen LogP contribution in [0.15, 0.2) is 0 Å². The van der Waals surface area contributed by atoms with Crippen molar-refractivity contribution in [1.29, 1.82) is 0 Å². The van der Waals surface area contributed by atoms with Gasteiger partial charge in [-0.05, 0) is 12.8 Å². The Balaban J connectivity index is 3.87. The Morgan fingerprint density at radius 1 is 1.06 bits per heavy atom. The number of rotatable bonds is 9. The smallest absolute Gasteiger partial charge is 0.264 e. The highest BCUT2D eigenvalue weighted by Crippen LogP contribution is 2.02. The number of unbranched alkanes of at least 4 members (excludes halogenated alkanes) is 1. The molecule has 7 nitrogen and oxygen atoms in total. The highest BCUT2D eigenvalue weighted by Gasteiger charge is 2.15. The summed E-state index contributed by atoms with van der Waals surface area (Å²) in [6, 6.07) is 0. The van der Waals surface area contributed by atoms with Crippen LogP contribution in [0.4, 0.5) is 0 Å². The maximum Gasteiger partial charge on any atom is 0.264 e. The molecule has 0 aromatic rings. The largest absolute Gasteiger partial charge is 0.327 e. The Labute approximate surface area is 110 Å². The van der Waals surface area contributed by atoms with Crippen LogP contribution in [0.25, 0.3) is 0 Å². The number of hydrogen-bond donors (Lipinski definition) is 2. The zero-order chi connectivity index (χ0) is 14.4. The average molecular weight is 303 g/mol. The summed E-state index contributed by atoms with van der Waals surface area (Å²) in [7, 11) is -3.16. The molecule has 110 valence electrons. The van der Waals surface area contributed by atoms with Gasteiger partial charge in [0.25, 0.3) is 10.1 Å². The highest BCUT2D eigenvalue weighted by molar-refractivity contribution is 7.88. The molecule has 0 aliphatic carbocycles. The molecule has 0 aliphatic rings. The second-order valence-corrected chi connectivity index (χ2v) is 8.45. The second kappa shape index (κ2) is 6.80. The van der Waals surface area contributed by atoms with E-state index in [9.17, 15) is 16.8 Å². The first-order valence-electron chi connectivity index (χ1n) is 5.63. The van der Waals surface area contributed by atoms with E-state index in [1.165, 1.54) is 0 Å². The van der Waals surface area contributed by atoms with Gasteiger partial charge in [-0.2, -0.15) is 8.42 Å². The fourth-order valence-electron chi connectivity index (χ4n) is 1.47. The zero-order valence-corrected chi connectivity index (χ0v) is 12.7. The van der Waals surface area contributed by atoms with Crippen molar-refractivity contribution in [2.24, 2.45) is 0 Å². The maximum absolute atomic E-state index is 10.9. The Kier molecular flexibility index (Phi) is 6.72. The number of sulfonamides is 1. The Morgan fingerprint density at radius 3 is 2.06 bits per heavy atom. The molecule has 0 amide bonds. The number of nitrogens with zero attached hydrogens (tertiary/aromatic N) is 1. The third-order valence-corrected chi connectivity index (χ3v) is 4.03. The number of nitrogens with one attached hydrogen (secondary N) is 1. The maximum atomic E-state index is 10.9. The van der Waals surface area contributed by atoms with Crippen LogP contribution in [0.2, 0.25) is 0 Å². The van der Waals surface area contributed by atoms with Gasteiger partial charge in [0.1, 0.15) is 0 Å². The van der Waals surface area contributed by atoms with Crippen LogP contribution >= 0.6 is 0 Å². The van der Waals surface area contributed by atoms with E-state index >= 15 is 0 Å². The van der Waals surface area contributed by atoms with Crippen LogP contribution in [0.5, 0.6) is 0 Å². The van der Waals surface area contributed by atoms with Crippen LogP contribution in [-0.4, -0.2) is 71.6 Å². The molecule has 0 aromatic carbocycles. The van der Waals surface area contributed by atoms with E-state index in [4.69, 9.17) is 4.55 Å². The summed E-state index contributed by atoms with van der Waals surface area (Å²) < 4.78 is 54.3. The SMILES string of the molecule is C[N+](C)(CCCCS(=O)(=O)O)CCNS(C)(=O)=O. The van der Waals surface area contributed by atoms with E-state index in [1.54, 1.807) is 0 Å². The van der Waals surface area contributed by atoms with E-state index < -0.39 is 20.1 Å². The fraction of sp³-hybridized carbons (Fsp3) is 1.00. The van der Waals surface area contributed by atoms with Crippen LogP contribution in [0, 0.1) is 0 Å². The summed E-state index contributed by atoms with van der Waals surface area (Å²) in [5, 5.41) is 0. The molecule has 2 N–H and O–H groups in total. The molecule has 0 spiro atoms. The second-order valence-electron chi connectivity index (χ2n) is 5.04. The molecule has 0 rings (SSSR count). The first-order valence-corrected chi connectivity index (χ1v) is 9.13. The van der Waals surface area contributed by atoms with Gasteiger partial charge in [-0.3, -0.25) is 4.55 Å². The normalized spacial score (nSPS) is 13.8. The van der Waals surface area contributed by atoms with Crippen molar-refractivity contribution in [2.45, 2.75) is 12.8 Å². The van der Waals surface area contributed by atoms with Crippen LogP contribution in [-0.2, 0) is 20.1 Å². The Bertz CT molecular complexity index is 442. The summed E-state index contributed by atoms with van der Waals surface area (Å²) in [6.07, 6.45) is 2.17. The summed E-state index contributed by atoms with van der Waals surface area (Å²) in [6.45, 7) is 1.70. The van der Waals surface area contributed by atoms with E-state index in [0.29, 0.717) is 30.4 Å². The molecule has 0 fully saturated rings. The topological polar surface area (TPSA) is 101 Å². The minimum absolute atomic E-state index is 0.228. The molecule has 9 heteroatoms. The lowest BCUT2D eigenvalue weighted by Crippen LogP contribution is -2.45. The van der Waals surface area contributed by atoms with Gasteiger partial charge in [0.15, 0.2) is 0 Å². The van der Waals surface area contributed by atoms with E-state index in [-0.39, 0.29) is 5.75 Å². The molecule has 0 saturated carbocycles. The minimum Gasteiger partial charge on any atom is -0.327 e. The molecule has 0 unspecified atom stereocenters. The average Bonchev–Trinajstić information content (AvgIpc) is 2.08. The molecule has 0 heterocycles. The van der Waals surface area contributed by atoms with Crippen molar-refractivity contribution in [3.8, 4) is 0 Å². The third-order valence-electron chi connectivity index (χ3n) is 2.50. The van der Waals surface area contributed by atoms with Crippen molar-refractivity contribution < 1.29 is 25.9 Å².